The quantitative estimate of drug-likeness (QED) is 0.661. The van der Waals surface area contributed by atoms with Crippen molar-refractivity contribution in [2.24, 2.45) is 0 Å². The normalized spacial score (nSPS) is 11.4. The number of benzene rings is 2. The van der Waals surface area contributed by atoms with Crippen LogP contribution in [0.4, 0.5) is 17.5 Å². The Labute approximate surface area is 153 Å². The maximum atomic E-state index is 9.29. The smallest absolute Gasteiger partial charge is 0.229 e. The van der Waals surface area contributed by atoms with E-state index >= 15 is 0 Å². The number of nitrogens with zero attached hydrogens (tertiary/aromatic N) is 3. The van der Waals surface area contributed by atoms with E-state index < -0.39 is 0 Å². The third-order valence-electron chi connectivity index (χ3n) is 4.10. The van der Waals surface area contributed by atoms with Crippen molar-refractivity contribution in [3.05, 3.63) is 66.2 Å². The van der Waals surface area contributed by atoms with E-state index in [0.717, 1.165) is 23.5 Å². The molecule has 0 fully saturated rings. The van der Waals surface area contributed by atoms with Crippen molar-refractivity contribution < 1.29 is 0 Å². The van der Waals surface area contributed by atoms with Crippen molar-refractivity contribution in [1.82, 2.24) is 9.97 Å². The average molecular weight is 343 g/mol. The molecule has 130 valence electrons. The van der Waals surface area contributed by atoms with Gasteiger partial charge in [-0.25, -0.2) is 4.98 Å². The first kappa shape index (κ1) is 17.4. The summed E-state index contributed by atoms with van der Waals surface area (Å²) in [5, 5.41) is 15.9. The summed E-state index contributed by atoms with van der Waals surface area (Å²) in [7, 11) is 0. The molecule has 0 amide bonds. The van der Waals surface area contributed by atoms with Crippen LogP contribution >= 0.6 is 0 Å². The van der Waals surface area contributed by atoms with Crippen molar-refractivity contribution in [2.45, 2.75) is 26.3 Å². The van der Waals surface area contributed by atoms with Gasteiger partial charge in [0.05, 0.1) is 16.9 Å². The van der Waals surface area contributed by atoms with Gasteiger partial charge < -0.3 is 10.6 Å². The first-order chi connectivity index (χ1) is 12.7. The molecule has 1 atom stereocenters. The second kappa shape index (κ2) is 8.13. The van der Waals surface area contributed by atoms with E-state index in [2.05, 4.69) is 40.5 Å². The fourth-order valence-electron chi connectivity index (χ4n) is 2.50. The van der Waals surface area contributed by atoms with Crippen LogP contribution in [-0.4, -0.2) is 16.0 Å². The first-order valence-corrected chi connectivity index (χ1v) is 8.66. The summed E-state index contributed by atoms with van der Waals surface area (Å²) in [6, 6.07) is 21.7. The Hall–Kier alpha value is -3.39. The lowest BCUT2D eigenvalue weighted by Crippen LogP contribution is -2.15. The first-order valence-electron chi connectivity index (χ1n) is 8.66. The molecule has 0 aliphatic carbocycles. The maximum absolute atomic E-state index is 9.29. The van der Waals surface area contributed by atoms with Crippen LogP contribution in [0.2, 0.25) is 0 Å². The van der Waals surface area contributed by atoms with Crippen molar-refractivity contribution in [3.8, 4) is 17.3 Å². The maximum Gasteiger partial charge on any atom is 0.229 e. The van der Waals surface area contributed by atoms with E-state index in [1.807, 2.05) is 54.6 Å². The molecular formula is C21H21N5. The van der Waals surface area contributed by atoms with Crippen LogP contribution in [-0.2, 0) is 0 Å². The number of aromatic nitrogens is 2. The highest BCUT2D eigenvalue weighted by Crippen LogP contribution is 2.24. The van der Waals surface area contributed by atoms with Gasteiger partial charge in [-0.3, -0.25) is 0 Å². The summed E-state index contributed by atoms with van der Waals surface area (Å²) in [6.45, 7) is 4.24. The predicted molar refractivity (Wildman–Crippen MR) is 105 cm³/mol. The second-order valence-electron chi connectivity index (χ2n) is 6.06. The fourth-order valence-corrected chi connectivity index (χ4v) is 2.50. The van der Waals surface area contributed by atoms with Crippen LogP contribution in [0.25, 0.3) is 11.3 Å². The number of rotatable bonds is 6. The Morgan fingerprint density at radius 3 is 2.50 bits per heavy atom. The van der Waals surface area contributed by atoms with E-state index in [1.165, 1.54) is 0 Å². The van der Waals surface area contributed by atoms with E-state index in [0.29, 0.717) is 23.2 Å². The van der Waals surface area contributed by atoms with Gasteiger partial charge in [0, 0.05) is 17.7 Å². The third kappa shape index (κ3) is 4.17. The molecule has 3 aromatic rings. The lowest BCUT2D eigenvalue weighted by atomic mass is 10.1. The van der Waals surface area contributed by atoms with Gasteiger partial charge in [-0.1, -0.05) is 49.4 Å². The number of hydrogen-bond donors (Lipinski definition) is 2. The monoisotopic (exact) mass is 343 g/mol. The Kier molecular flexibility index (Phi) is 5.45. The largest absolute Gasteiger partial charge is 0.367 e. The summed E-state index contributed by atoms with van der Waals surface area (Å²) in [5.74, 6) is 1.21. The van der Waals surface area contributed by atoms with Crippen molar-refractivity contribution in [1.29, 1.82) is 5.26 Å². The minimum absolute atomic E-state index is 0.299. The summed E-state index contributed by atoms with van der Waals surface area (Å²) in [5.41, 5.74) is 3.08. The number of nitriles is 1. The Morgan fingerprint density at radius 1 is 1.04 bits per heavy atom. The molecular weight excluding hydrogens is 322 g/mol. The van der Waals surface area contributed by atoms with Gasteiger partial charge in [-0.05, 0) is 25.5 Å². The third-order valence-corrected chi connectivity index (χ3v) is 4.10. The Balaban J connectivity index is 2.01. The molecule has 2 aromatic carbocycles. The fraction of sp³-hybridized carbons (Fsp3) is 0.190. The summed E-state index contributed by atoms with van der Waals surface area (Å²) < 4.78 is 0. The van der Waals surface area contributed by atoms with Crippen molar-refractivity contribution >= 4 is 17.5 Å². The number of hydrogen-bond acceptors (Lipinski definition) is 5. The molecule has 0 bridgehead atoms. The van der Waals surface area contributed by atoms with E-state index in [9.17, 15) is 5.26 Å². The molecule has 1 unspecified atom stereocenters. The molecule has 0 spiro atoms. The predicted octanol–water partition coefficient (Wildman–Crippen LogP) is 4.97. The molecule has 0 saturated heterocycles. The van der Waals surface area contributed by atoms with Crippen LogP contribution < -0.4 is 10.6 Å². The summed E-state index contributed by atoms with van der Waals surface area (Å²) >= 11 is 0. The highest BCUT2D eigenvalue weighted by molar-refractivity contribution is 5.68. The molecule has 0 saturated carbocycles. The van der Waals surface area contributed by atoms with Crippen LogP contribution in [0, 0.1) is 11.3 Å². The molecule has 0 aliphatic rings. The zero-order chi connectivity index (χ0) is 18.4. The minimum atomic E-state index is 0.299. The van der Waals surface area contributed by atoms with Gasteiger partial charge in [-0.15, -0.1) is 0 Å². The van der Waals surface area contributed by atoms with Crippen LogP contribution in [0.5, 0.6) is 0 Å². The van der Waals surface area contributed by atoms with E-state index in [1.54, 1.807) is 6.07 Å². The average Bonchev–Trinajstić information content (AvgIpc) is 2.69. The van der Waals surface area contributed by atoms with Crippen molar-refractivity contribution in [3.63, 3.8) is 0 Å². The Morgan fingerprint density at radius 2 is 1.77 bits per heavy atom. The number of para-hydroxylation sites is 1. The lowest BCUT2D eigenvalue weighted by molar-refractivity contribution is 0.759. The molecule has 0 radical (unpaired) electrons. The summed E-state index contributed by atoms with van der Waals surface area (Å²) in [6.07, 6.45) is 0.991. The van der Waals surface area contributed by atoms with Crippen LogP contribution in [0.15, 0.2) is 60.7 Å². The summed E-state index contributed by atoms with van der Waals surface area (Å²) in [4.78, 5) is 9.21. The topological polar surface area (TPSA) is 73.6 Å². The minimum Gasteiger partial charge on any atom is -0.367 e. The zero-order valence-corrected chi connectivity index (χ0v) is 14.9. The van der Waals surface area contributed by atoms with Gasteiger partial charge >= 0.3 is 0 Å². The molecule has 1 heterocycles. The Bertz CT molecular complexity index is 915. The molecule has 26 heavy (non-hydrogen) atoms. The van der Waals surface area contributed by atoms with Gasteiger partial charge in [0.25, 0.3) is 0 Å². The molecule has 0 aliphatic heterocycles. The van der Waals surface area contributed by atoms with E-state index in [4.69, 9.17) is 0 Å². The zero-order valence-electron chi connectivity index (χ0n) is 14.9. The van der Waals surface area contributed by atoms with Gasteiger partial charge in [-0.2, -0.15) is 10.2 Å². The lowest BCUT2D eigenvalue weighted by Gasteiger charge is -2.15. The number of nitrogens with one attached hydrogen (secondary N) is 2. The van der Waals surface area contributed by atoms with Crippen molar-refractivity contribution in [2.75, 3.05) is 10.6 Å². The number of anilines is 3. The van der Waals surface area contributed by atoms with E-state index in [-0.39, 0.29) is 0 Å². The van der Waals surface area contributed by atoms with Crippen LogP contribution in [0.1, 0.15) is 25.8 Å². The molecule has 5 heteroatoms. The molecule has 3 rings (SSSR count). The SMILES string of the molecule is CCC(C)Nc1cc(-c2ccccc2)nc(Nc2ccccc2C#N)n1. The van der Waals surface area contributed by atoms with Gasteiger partial charge in [0.2, 0.25) is 5.95 Å². The van der Waals surface area contributed by atoms with Gasteiger partial charge in [0.1, 0.15) is 11.9 Å². The highest BCUT2D eigenvalue weighted by Gasteiger charge is 2.10. The molecule has 1 aromatic heterocycles. The molecule has 5 nitrogen and oxygen atoms in total. The molecule has 2 N–H and O–H groups in total. The van der Waals surface area contributed by atoms with Gasteiger partial charge in [0.15, 0.2) is 0 Å². The standard InChI is InChI=1S/C21H21N5/c1-3-15(2)23-20-13-19(16-9-5-4-6-10-16)25-21(26-20)24-18-12-8-7-11-17(18)14-22/h4-13,15H,3H2,1-2H3,(H2,23,24,25,26). The second-order valence-corrected chi connectivity index (χ2v) is 6.06. The highest BCUT2D eigenvalue weighted by atomic mass is 15.1. The van der Waals surface area contributed by atoms with Crippen LogP contribution in [0.3, 0.4) is 0 Å².